The van der Waals surface area contributed by atoms with Gasteiger partial charge in [-0.2, -0.15) is 5.10 Å². The number of rotatable bonds is 3. The fourth-order valence-corrected chi connectivity index (χ4v) is 2.19. The molecule has 6 heteroatoms. The molecular formula is C10H17ClN4O. The summed E-state index contributed by atoms with van der Waals surface area (Å²) < 4.78 is 7.50. The van der Waals surface area contributed by atoms with E-state index in [2.05, 4.69) is 21.9 Å². The van der Waals surface area contributed by atoms with E-state index in [1.54, 1.807) is 11.0 Å². The Labute approximate surface area is 100 Å². The molecule has 90 valence electrons. The van der Waals surface area contributed by atoms with Crippen LogP contribution in [0.3, 0.4) is 0 Å². The summed E-state index contributed by atoms with van der Waals surface area (Å²) in [5.74, 6) is 1.52. The summed E-state index contributed by atoms with van der Waals surface area (Å²) in [4.78, 5) is 6.53. The molecule has 0 radical (unpaired) electrons. The first-order valence-electron chi connectivity index (χ1n) is 5.45. The minimum atomic E-state index is 0.124. The minimum absolute atomic E-state index is 0.124. The Morgan fingerprint density at radius 2 is 2.38 bits per heavy atom. The van der Waals surface area contributed by atoms with Crippen molar-refractivity contribution in [3.8, 4) is 0 Å². The summed E-state index contributed by atoms with van der Waals surface area (Å²) in [6.07, 6.45) is 1.93. The van der Waals surface area contributed by atoms with E-state index in [4.69, 9.17) is 16.3 Å². The van der Waals surface area contributed by atoms with E-state index in [0.717, 1.165) is 25.5 Å². The second kappa shape index (κ2) is 5.12. The van der Waals surface area contributed by atoms with Gasteiger partial charge in [0.1, 0.15) is 12.2 Å². The van der Waals surface area contributed by atoms with Crippen molar-refractivity contribution in [2.45, 2.75) is 25.7 Å². The monoisotopic (exact) mass is 244 g/mol. The summed E-state index contributed by atoms with van der Waals surface area (Å²) in [6.45, 7) is 4.65. The molecule has 0 amide bonds. The number of aryl methyl sites for hydroxylation is 1. The number of halogens is 1. The highest BCUT2D eigenvalue weighted by Gasteiger charge is 2.25. The van der Waals surface area contributed by atoms with Crippen LogP contribution in [0.15, 0.2) is 6.33 Å². The SMILES string of the molecule is CC1CN(Cc2ncnn2C)CC(CCl)O1. The third-order valence-corrected chi connectivity index (χ3v) is 3.09. The van der Waals surface area contributed by atoms with Crippen LogP contribution in [0.1, 0.15) is 12.7 Å². The van der Waals surface area contributed by atoms with Crippen LogP contribution in [0.2, 0.25) is 0 Å². The second-order valence-electron chi connectivity index (χ2n) is 4.22. The summed E-state index contributed by atoms with van der Waals surface area (Å²) in [6, 6.07) is 0. The standard InChI is InChI=1S/C10H17ClN4O/c1-8-4-15(5-9(3-11)16-8)6-10-12-7-13-14(10)2/h7-9H,3-6H2,1-2H3. The number of alkyl halides is 1. The van der Waals surface area contributed by atoms with Crippen LogP contribution in [0.4, 0.5) is 0 Å². The summed E-state index contributed by atoms with van der Waals surface area (Å²) in [7, 11) is 1.91. The van der Waals surface area contributed by atoms with Crippen LogP contribution in [0.25, 0.3) is 0 Å². The first-order valence-corrected chi connectivity index (χ1v) is 5.99. The van der Waals surface area contributed by atoms with Gasteiger partial charge in [-0.3, -0.25) is 9.58 Å². The fourth-order valence-electron chi connectivity index (χ4n) is 2.02. The third kappa shape index (κ3) is 2.72. The van der Waals surface area contributed by atoms with E-state index in [0.29, 0.717) is 5.88 Å². The molecule has 0 spiro atoms. The maximum absolute atomic E-state index is 5.84. The lowest BCUT2D eigenvalue weighted by atomic mass is 10.2. The van der Waals surface area contributed by atoms with Crippen molar-refractivity contribution >= 4 is 11.6 Å². The molecule has 0 saturated carbocycles. The van der Waals surface area contributed by atoms with E-state index in [1.807, 2.05) is 7.05 Å². The van der Waals surface area contributed by atoms with Gasteiger partial charge in [-0.25, -0.2) is 4.98 Å². The first-order chi connectivity index (χ1) is 7.69. The van der Waals surface area contributed by atoms with Gasteiger partial charge in [0.05, 0.1) is 18.8 Å². The molecule has 0 aromatic carbocycles. The average Bonchev–Trinajstić information content (AvgIpc) is 2.63. The Morgan fingerprint density at radius 3 is 3.00 bits per heavy atom. The molecule has 2 rings (SSSR count). The number of hydrogen-bond acceptors (Lipinski definition) is 4. The van der Waals surface area contributed by atoms with E-state index < -0.39 is 0 Å². The molecule has 2 heterocycles. The number of ether oxygens (including phenoxy) is 1. The molecule has 1 aromatic rings. The van der Waals surface area contributed by atoms with E-state index in [1.165, 1.54) is 0 Å². The van der Waals surface area contributed by atoms with Gasteiger partial charge >= 0.3 is 0 Å². The van der Waals surface area contributed by atoms with Crippen LogP contribution < -0.4 is 0 Å². The van der Waals surface area contributed by atoms with Gasteiger partial charge in [0, 0.05) is 26.0 Å². The van der Waals surface area contributed by atoms with Crippen molar-refractivity contribution in [2.75, 3.05) is 19.0 Å². The lowest BCUT2D eigenvalue weighted by Gasteiger charge is -2.35. The van der Waals surface area contributed by atoms with Crippen LogP contribution in [0, 0.1) is 0 Å². The summed E-state index contributed by atoms with van der Waals surface area (Å²) in [5, 5.41) is 4.06. The van der Waals surface area contributed by atoms with Gasteiger partial charge in [0.2, 0.25) is 0 Å². The molecule has 0 bridgehead atoms. The zero-order valence-corrected chi connectivity index (χ0v) is 10.4. The zero-order chi connectivity index (χ0) is 11.5. The van der Waals surface area contributed by atoms with Crippen molar-refractivity contribution in [2.24, 2.45) is 7.05 Å². The minimum Gasteiger partial charge on any atom is -0.371 e. The van der Waals surface area contributed by atoms with Gasteiger partial charge in [-0.15, -0.1) is 11.6 Å². The molecule has 2 atom stereocenters. The number of nitrogens with zero attached hydrogens (tertiary/aromatic N) is 4. The lowest BCUT2D eigenvalue weighted by Crippen LogP contribution is -2.47. The van der Waals surface area contributed by atoms with E-state index in [9.17, 15) is 0 Å². The third-order valence-electron chi connectivity index (χ3n) is 2.74. The Balaban J connectivity index is 1.96. The molecule has 0 aliphatic carbocycles. The van der Waals surface area contributed by atoms with Crippen molar-refractivity contribution in [3.63, 3.8) is 0 Å². The summed E-state index contributed by atoms with van der Waals surface area (Å²) >= 11 is 5.84. The Bertz CT molecular complexity index is 343. The highest BCUT2D eigenvalue weighted by molar-refractivity contribution is 6.18. The Morgan fingerprint density at radius 1 is 1.56 bits per heavy atom. The predicted octanol–water partition coefficient (Wildman–Crippen LogP) is 0.643. The molecule has 16 heavy (non-hydrogen) atoms. The Kier molecular flexibility index (Phi) is 3.78. The molecule has 1 aliphatic rings. The topological polar surface area (TPSA) is 43.2 Å². The fraction of sp³-hybridized carbons (Fsp3) is 0.800. The van der Waals surface area contributed by atoms with Crippen molar-refractivity contribution < 1.29 is 4.74 Å². The largest absolute Gasteiger partial charge is 0.371 e. The molecule has 1 fully saturated rings. The van der Waals surface area contributed by atoms with Crippen molar-refractivity contribution in [3.05, 3.63) is 12.2 Å². The Hall–Kier alpha value is -0.650. The lowest BCUT2D eigenvalue weighted by molar-refractivity contribution is -0.0697. The second-order valence-corrected chi connectivity index (χ2v) is 4.53. The van der Waals surface area contributed by atoms with E-state index >= 15 is 0 Å². The van der Waals surface area contributed by atoms with Gasteiger partial charge in [0.25, 0.3) is 0 Å². The molecule has 2 unspecified atom stereocenters. The van der Waals surface area contributed by atoms with Crippen LogP contribution in [-0.2, 0) is 18.3 Å². The molecule has 1 aromatic heterocycles. The van der Waals surface area contributed by atoms with Gasteiger partial charge < -0.3 is 4.74 Å². The first kappa shape index (κ1) is 11.8. The normalized spacial score (nSPS) is 27.2. The van der Waals surface area contributed by atoms with Gasteiger partial charge in [-0.05, 0) is 6.92 Å². The van der Waals surface area contributed by atoms with Crippen LogP contribution >= 0.6 is 11.6 Å². The average molecular weight is 245 g/mol. The smallest absolute Gasteiger partial charge is 0.140 e. The predicted molar refractivity (Wildman–Crippen MR) is 61.3 cm³/mol. The van der Waals surface area contributed by atoms with Crippen molar-refractivity contribution in [1.29, 1.82) is 0 Å². The zero-order valence-electron chi connectivity index (χ0n) is 9.64. The maximum atomic E-state index is 5.84. The number of hydrogen-bond donors (Lipinski definition) is 0. The highest BCUT2D eigenvalue weighted by atomic mass is 35.5. The highest BCUT2D eigenvalue weighted by Crippen LogP contribution is 2.14. The molecule has 5 nitrogen and oxygen atoms in total. The molecular weight excluding hydrogens is 228 g/mol. The maximum Gasteiger partial charge on any atom is 0.140 e. The van der Waals surface area contributed by atoms with Crippen molar-refractivity contribution in [1.82, 2.24) is 19.7 Å². The quantitative estimate of drug-likeness (QED) is 0.732. The van der Waals surface area contributed by atoms with Gasteiger partial charge in [0.15, 0.2) is 0 Å². The van der Waals surface area contributed by atoms with Crippen LogP contribution in [0.5, 0.6) is 0 Å². The summed E-state index contributed by atoms with van der Waals surface area (Å²) in [5.41, 5.74) is 0. The number of morpholine rings is 1. The van der Waals surface area contributed by atoms with E-state index in [-0.39, 0.29) is 12.2 Å². The molecule has 1 saturated heterocycles. The van der Waals surface area contributed by atoms with Crippen LogP contribution in [-0.4, -0.2) is 50.8 Å². The number of aromatic nitrogens is 3. The molecule has 0 N–H and O–H groups in total. The molecule has 1 aliphatic heterocycles. The van der Waals surface area contributed by atoms with Gasteiger partial charge in [-0.1, -0.05) is 0 Å².